The van der Waals surface area contributed by atoms with Crippen molar-refractivity contribution in [2.24, 2.45) is 0 Å². The Balaban J connectivity index is 3.26. The Bertz CT molecular complexity index is 559. The van der Waals surface area contributed by atoms with Gasteiger partial charge in [-0.15, -0.1) is 6.42 Å². The molecule has 0 amide bonds. The van der Waals surface area contributed by atoms with Gasteiger partial charge in [-0.25, -0.2) is 13.6 Å². The molecule has 0 aliphatic heterocycles. The summed E-state index contributed by atoms with van der Waals surface area (Å²) in [7, 11) is 0.946. The number of hydrogen-bond donors (Lipinski definition) is 0. The van der Waals surface area contributed by atoms with Crippen LogP contribution in [-0.2, 0) is 4.74 Å². The van der Waals surface area contributed by atoms with Gasteiger partial charge in [0.2, 0.25) is 5.82 Å². The first-order valence-electron chi connectivity index (χ1n) is 5.16. The minimum atomic E-state index is -1.52. The smallest absolute Gasteiger partial charge is 0.342 e. The van der Waals surface area contributed by atoms with Gasteiger partial charge in [0.25, 0.3) is 0 Å². The Hall–Kier alpha value is -2.16. The van der Waals surface area contributed by atoms with E-state index in [4.69, 9.17) is 11.2 Å². The van der Waals surface area contributed by atoms with Crippen molar-refractivity contribution >= 4 is 5.97 Å². The third kappa shape index (κ3) is 2.99. The third-order valence-electron chi connectivity index (χ3n) is 2.24. The normalized spacial score (nSPS) is 10.8. The number of ether oxygens (including phenoxy) is 2. The molecular formula is C13H11F3O3. The van der Waals surface area contributed by atoms with Gasteiger partial charge in [0, 0.05) is 0 Å². The molecule has 1 rings (SSSR count). The average Bonchev–Trinajstić information content (AvgIpc) is 2.34. The largest absolute Gasteiger partial charge is 0.491 e. The highest BCUT2D eigenvalue weighted by molar-refractivity contribution is 5.90. The van der Waals surface area contributed by atoms with Gasteiger partial charge >= 0.3 is 5.97 Å². The molecule has 0 aliphatic rings. The molecule has 0 atom stereocenters. The van der Waals surface area contributed by atoms with Gasteiger partial charge in [0.15, 0.2) is 23.0 Å². The van der Waals surface area contributed by atoms with Crippen LogP contribution in [0.25, 0.3) is 0 Å². The first-order valence-corrected chi connectivity index (χ1v) is 5.16. The minimum Gasteiger partial charge on any atom is -0.491 e. The molecule has 19 heavy (non-hydrogen) atoms. The van der Waals surface area contributed by atoms with Crippen LogP contribution in [0.2, 0.25) is 0 Å². The van der Waals surface area contributed by atoms with E-state index in [0.717, 1.165) is 7.11 Å². The molecule has 0 spiro atoms. The topological polar surface area (TPSA) is 35.5 Å². The lowest BCUT2D eigenvalue weighted by atomic mass is 10.1. The molecule has 0 bridgehead atoms. The summed E-state index contributed by atoms with van der Waals surface area (Å²) in [5, 5.41) is 0. The van der Waals surface area contributed by atoms with Crippen molar-refractivity contribution in [3.05, 3.63) is 29.1 Å². The first-order chi connectivity index (χ1) is 8.73. The molecule has 0 aromatic heterocycles. The maximum absolute atomic E-state index is 13.8. The van der Waals surface area contributed by atoms with E-state index in [-0.39, 0.29) is 0 Å². The lowest BCUT2D eigenvalue weighted by molar-refractivity contribution is 0.0198. The molecule has 6 heteroatoms. The number of carbonyl (C=O) groups is 1. The number of halogens is 3. The van der Waals surface area contributed by atoms with Crippen LogP contribution in [0.1, 0.15) is 24.2 Å². The number of terminal acetylenes is 1. The molecule has 3 nitrogen and oxygen atoms in total. The number of esters is 1. The van der Waals surface area contributed by atoms with Gasteiger partial charge in [0.1, 0.15) is 5.56 Å². The second-order valence-corrected chi connectivity index (χ2v) is 4.11. The van der Waals surface area contributed by atoms with Crippen molar-refractivity contribution in [1.82, 2.24) is 0 Å². The summed E-state index contributed by atoms with van der Waals surface area (Å²) < 4.78 is 49.3. The summed E-state index contributed by atoms with van der Waals surface area (Å²) in [6, 6.07) is 0.391. The Kier molecular flexibility index (Phi) is 4.10. The molecule has 0 fully saturated rings. The van der Waals surface area contributed by atoms with Gasteiger partial charge in [-0.1, -0.05) is 5.92 Å². The fraction of sp³-hybridized carbons (Fsp3) is 0.308. The second kappa shape index (κ2) is 5.22. The SMILES string of the molecule is C#CC(C)(C)OC(=O)c1cc(F)c(F)c(OC)c1F. The summed E-state index contributed by atoms with van der Waals surface area (Å²) in [5.74, 6) is -4.35. The zero-order chi connectivity index (χ0) is 14.8. The van der Waals surface area contributed by atoms with Crippen LogP contribution in [0.15, 0.2) is 6.07 Å². The van der Waals surface area contributed by atoms with Crippen LogP contribution in [-0.4, -0.2) is 18.7 Å². The van der Waals surface area contributed by atoms with Crippen LogP contribution >= 0.6 is 0 Å². The van der Waals surface area contributed by atoms with Crippen molar-refractivity contribution in [3.8, 4) is 18.1 Å². The van der Waals surface area contributed by atoms with Crippen LogP contribution in [0.3, 0.4) is 0 Å². The highest BCUT2D eigenvalue weighted by Gasteiger charge is 2.28. The van der Waals surface area contributed by atoms with Crippen molar-refractivity contribution in [2.75, 3.05) is 7.11 Å². The highest BCUT2D eigenvalue weighted by atomic mass is 19.2. The number of carbonyl (C=O) groups excluding carboxylic acids is 1. The van der Waals surface area contributed by atoms with E-state index in [2.05, 4.69) is 10.7 Å². The summed E-state index contributed by atoms with van der Waals surface area (Å²) in [5.41, 5.74) is -2.10. The average molecular weight is 272 g/mol. The van der Waals surface area contributed by atoms with E-state index in [0.29, 0.717) is 6.07 Å². The van der Waals surface area contributed by atoms with E-state index in [9.17, 15) is 18.0 Å². The number of rotatable bonds is 3. The number of methoxy groups -OCH3 is 1. The van der Waals surface area contributed by atoms with E-state index < -0.39 is 40.3 Å². The van der Waals surface area contributed by atoms with Gasteiger partial charge in [-0.05, 0) is 19.9 Å². The summed E-state index contributed by atoms with van der Waals surface area (Å²) >= 11 is 0. The first kappa shape index (κ1) is 14.9. The van der Waals surface area contributed by atoms with Crippen molar-refractivity contribution in [2.45, 2.75) is 19.4 Å². The van der Waals surface area contributed by atoms with Crippen molar-refractivity contribution in [3.63, 3.8) is 0 Å². The maximum Gasteiger partial charge on any atom is 0.342 e. The Morgan fingerprint density at radius 2 is 1.89 bits per heavy atom. The monoisotopic (exact) mass is 272 g/mol. The van der Waals surface area contributed by atoms with Crippen LogP contribution in [0.5, 0.6) is 5.75 Å². The minimum absolute atomic E-state index is 0.391. The fourth-order valence-electron chi connectivity index (χ4n) is 1.22. The fourth-order valence-corrected chi connectivity index (χ4v) is 1.22. The van der Waals surface area contributed by atoms with Crippen molar-refractivity contribution < 1.29 is 27.4 Å². The zero-order valence-corrected chi connectivity index (χ0v) is 10.5. The van der Waals surface area contributed by atoms with E-state index in [1.54, 1.807) is 0 Å². The molecule has 1 aromatic rings. The quantitative estimate of drug-likeness (QED) is 0.482. The zero-order valence-electron chi connectivity index (χ0n) is 10.5. The van der Waals surface area contributed by atoms with E-state index in [1.807, 2.05) is 0 Å². The lowest BCUT2D eigenvalue weighted by Crippen LogP contribution is -2.26. The van der Waals surface area contributed by atoms with Gasteiger partial charge in [-0.2, -0.15) is 4.39 Å². The van der Waals surface area contributed by atoms with E-state index in [1.165, 1.54) is 13.8 Å². The van der Waals surface area contributed by atoms with Crippen LogP contribution in [0, 0.1) is 29.8 Å². The molecule has 0 N–H and O–H groups in total. The molecule has 1 aromatic carbocycles. The highest BCUT2D eigenvalue weighted by Crippen LogP contribution is 2.28. The Morgan fingerprint density at radius 1 is 1.32 bits per heavy atom. The van der Waals surface area contributed by atoms with Crippen molar-refractivity contribution in [1.29, 1.82) is 0 Å². The van der Waals surface area contributed by atoms with Gasteiger partial charge in [-0.3, -0.25) is 0 Å². The summed E-state index contributed by atoms with van der Waals surface area (Å²) in [6.45, 7) is 2.78. The molecule has 0 aliphatic carbocycles. The lowest BCUT2D eigenvalue weighted by Gasteiger charge is -2.19. The molecule has 0 radical (unpaired) electrons. The predicted octanol–water partition coefficient (Wildman–Crippen LogP) is 2.68. The second-order valence-electron chi connectivity index (χ2n) is 4.11. The third-order valence-corrected chi connectivity index (χ3v) is 2.24. The van der Waals surface area contributed by atoms with E-state index >= 15 is 0 Å². The predicted molar refractivity (Wildman–Crippen MR) is 61.2 cm³/mol. The molecule has 0 saturated carbocycles. The van der Waals surface area contributed by atoms with Crippen LogP contribution < -0.4 is 4.74 Å². The molecule has 0 heterocycles. The van der Waals surface area contributed by atoms with Crippen LogP contribution in [0.4, 0.5) is 13.2 Å². The molecule has 0 unspecified atom stereocenters. The molecule has 102 valence electrons. The van der Waals surface area contributed by atoms with Gasteiger partial charge < -0.3 is 9.47 Å². The molecular weight excluding hydrogens is 261 g/mol. The standard InChI is InChI=1S/C13H11F3O3/c1-5-13(2,3)19-12(17)7-6-8(14)10(16)11(18-4)9(7)15/h1,6H,2-4H3. The van der Waals surface area contributed by atoms with Gasteiger partial charge in [0.05, 0.1) is 7.11 Å². The Morgan fingerprint density at radius 3 is 2.37 bits per heavy atom. The summed E-state index contributed by atoms with van der Waals surface area (Å²) in [6.07, 6.45) is 5.10. The number of benzene rings is 1. The Labute approximate surface area is 108 Å². The maximum atomic E-state index is 13.8. The summed E-state index contributed by atoms with van der Waals surface area (Å²) in [4.78, 5) is 11.7. The molecule has 0 saturated heterocycles. The number of hydrogen-bond acceptors (Lipinski definition) is 3.